The van der Waals surface area contributed by atoms with Crippen LogP contribution in [0.15, 0.2) is 46.1 Å². The Morgan fingerprint density at radius 1 is 1.33 bits per heavy atom. The molecule has 2 nitrogen and oxygen atoms in total. The van der Waals surface area contributed by atoms with Gasteiger partial charge in [0, 0.05) is 16.2 Å². The summed E-state index contributed by atoms with van der Waals surface area (Å²) in [5.74, 6) is 0.395. The molecule has 0 saturated heterocycles. The van der Waals surface area contributed by atoms with Crippen molar-refractivity contribution in [2.45, 2.75) is 10.6 Å². The number of halogens is 1. The normalized spacial score (nSPS) is 10.5. The van der Waals surface area contributed by atoms with Crippen LogP contribution < -0.4 is 5.73 Å². The molecule has 1 aromatic heterocycles. The number of hydrogen-bond donors (Lipinski definition) is 1. The van der Waals surface area contributed by atoms with Gasteiger partial charge in [0.05, 0.1) is 18.2 Å². The minimum atomic E-state index is -0.368. The maximum absolute atomic E-state index is 13.1. The number of benzene rings is 1. The lowest BCUT2D eigenvalue weighted by atomic mass is 10.3. The average molecular weight is 223 g/mol. The molecule has 0 spiro atoms. The van der Waals surface area contributed by atoms with Crippen molar-refractivity contribution >= 4 is 17.4 Å². The van der Waals surface area contributed by atoms with Crippen molar-refractivity contribution in [2.24, 2.45) is 0 Å². The lowest BCUT2D eigenvalue weighted by Crippen LogP contribution is -1.89. The Hall–Kier alpha value is -1.42. The molecule has 0 aliphatic rings. The molecule has 0 radical (unpaired) electrons. The highest BCUT2D eigenvalue weighted by molar-refractivity contribution is 7.98. The molecular formula is C11H10FNOS. The first-order chi connectivity index (χ1) is 7.25. The van der Waals surface area contributed by atoms with Crippen molar-refractivity contribution in [1.82, 2.24) is 0 Å². The summed E-state index contributed by atoms with van der Waals surface area (Å²) in [6.45, 7) is 0. The van der Waals surface area contributed by atoms with E-state index in [0.717, 1.165) is 16.2 Å². The fourth-order valence-corrected chi connectivity index (χ4v) is 1.99. The number of nitrogens with two attached hydrogens (primary N) is 1. The van der Waals surface area contributed by atoms with Crippen LogP contribution in [0.5, 0.6) is 0 Å². The molecule has 0 fully saturated rings. The Bertz CT molecular complexity index is 442. The van der Waals surface area contributed by atoms with Crippen LogP contribution in [0, 0.1) is 5.82 Å². The molecule has 2 rings (SSSR count). The maximum Gasteiger partial charge on any atom is 0.147 e. The van der Waals surface area contributed by atoms with E-state index in [4.69, 9.17) is 10.2 Å². The summed E-state index contributed by atoms with van der Waals surface area (Å²) in [6.07, 6.45) is 3.31. The van der Waals surface area contributed by atoms with Gasteiger partial charge in [0.25, 0.3) is 0 Å². The summed E-state index contributed by atoms with van der Waals surface area (Å²) in [4.78, 5) is 0.864. The van der Waals surface area contributed by atoms with Crippen molar-refractivity contribution in [2.75, 3.05) is 5.73 Å². The van der Waals surface area contributed by atoms with Crippen LogP contribution in [-0.4, -0.2) is 0 Å². The minimum Gasteiger partial charge on any atom is -0.472 e. The largest absolute Gasteiger partial charge is 0.472 e. The number of furan rings is 1. The van der Waals surface area contributed by atoms with E-state index in [1.54, 1.807) is 30.4 Å². The second kappa shape index (κ2) is 4.40. The molecule has 4 heteroatoms. The van der Waals surface area contributed by atoms with Gasteiger partial charge in [-0.2, -0.15) is 0 Å². The molecule has 0 bridgehead atoms. The van der Waals surface area contributed by atoms with Crippen LogP contribution in [0.2, 0.25) is 0 Å². The van der Waals surface area contributed by atoms with Gasteiger partial charge >= 0.3 is 0 Å². The van der Waals surface area contributed by atoms with E-state index in [1.165, 1.54) is 6.07 Å². The van der Waals surface area contributed by atoms with Gasteiger partial charge in [-0.05, 0) is 24.3 Å². The highest BCUT2D eigenvalue weighted by Crippen LogP contribution is 2.25. The average Bonchev–Trinajstić information content (AvgIpc) is 2.73. The molecule has 2 N–H and O–H groups in total. The number of nitrogen functional groups attached to an aromatic ring is 1. The number of rotatable bonds is 3. The summed E-state index contributed by atoms with van der Waals surface area (Å²) in [5.41, 5.74) is 6.64. The van der Waals surface area contributed by atoms with E-state index in [2.05, 4.69) is 0 Å². The number of hydrogen-bond acceptors (Lipinski definition) is 3. The molecule has 0 aliphatic heterocycles. The van der Waals surface area contributed by atoms with E-state index < -0.39 is 0 Å². The first kappa shape index (κ1) is 10.1. The highest BCUT2D eigenvalue weighted by atomic mass is 32.2. The molecule has 2 aromatic rings. The zero-order chi connectivity index (χ0) is 10.7. The van der Waals surface area contributed by atoms with Crippen LogP contribution in [-0.2, 0) is 5.75 Å². The van der Waals surface area contributed by atoms with Crippen molar-refractivity contribution in [3.05, 3.63) is 48.2 Å². The molecule has 0 saturated carbocycles. The Balaban J connectivity index is 2.02. The van der Waals surface area contributed by atoms with Crippen LogP contribution in [0.25, 0.3) is 0 Å². The predicted molar refractivity (Wildman–Crippen MR) is 59.1 cm³/mol. The van der Waals surface area contributed by atoms with Gasteiger partial charge in [-0.3, -0.25) is 0 Å². The molecule has 0 atom stereocenters. The van der Waals surface area contributed by atoms with Gasteiger partial charge in [0.1, 0.15) is 5.82 Å². The Morgan fingerprint density at radius 2 is 2.20 bits per heavy atom. The zero-order valence-electron chi connectivity index (χ0n) is 7.94. The predicted octanol–water partition coefficient (Wildman–Crippen LogP) is 3.29. The summed E-state index contributed by atoms with van der Waals surface area (Å²) >= 11 is 1.55. The fraction of sp³-hybridized carbons (Fsp3) is 0.0909. The van der Waals surface area contributed by atoms with Gasteiger partial charge in [-0.15, -0.1) is 11.8 Å². The quantitative estimate of drug-likeness (QED) is 0.641. The first-order valence-electron chi connectivity index (χ1n) is 4.44. The molecule has 0 unspecified atom stereocenters. The second-order valence-electron chi connectivity index (χ2n) is 3.10. The first-order valence-corrected chi connectivity index (χ1v) is 5.43. The Kier molecular flexibility index (Phi) is 2.97. The summed E-state index contributed by atoms with van der Waals surface area (Å²) in [7, 11) is 0. The van der Waals surface area contributed by atoms with E-state index in [1.807, 2.05) is 12.1 Å². The lowest BCUT2D eigenvalue weighted by molar-refractivity contribution is 0.565. The van der Waals surface area contributed by atoms with E-state index in [0.29, 0.717) is 0 Å². The van der Waals surface area contributed by atoms with E-state index in [-0.39, 0.29) is 11.5 Å². The van der Waals surface area contributed by atoms with Crippen LogP contribution in [0.3, 0.4) is 0 Å². The summed E-state index contributed by atoms with van der Waals surface area (Å²) in [5, 5.41) is 0. The van der Waals surface area contributed by atoms with Gasteiger partial charge < -0.3 is 10.2 Å². The van der Waals surface area contributed by atoms with Crippen molar-refractivity contribution < 1.29 is 8.81 Å². The SMILES string of the molecule is Nc1ccc(SCc2ccoc2)cc1F. The third-order valence-corrected chi connectivity index (χ3v) is 3.02. The molecule has 78 valence electrons. The maximum atomic E-state index is 13.1. The Labute approximate surface area is 91.3 Å². The molecule has 1 aromatic carbocycles. The van der Waals surface area contributed by atoms with Crippen molar-refractivity contribution in [3.8, 4) is 0 Å². The van der Waals surface area contributed by atoms with Crippen LogP contribution in [0.4, 0.5) is 10.1 Å². The minimum absolute atomic E-state index is 0.183. The Morgan fingerprint density at radius 3 is 2.87 bits per heavy atom. The fourth-order valence-electron chi connectivity index (χ4n) is 1.14. The topological polar surface area (TPSA) is 39.2 Å². The zero-order valence-corrected chi connectivity index (χ0v) is 8.76. The highest BCUT2D eigenvalue weighted by Gasteiger charge is 2.01. The van der Waals surface area contributed by atoms with Gasteiger partial charge in [-0.25, -0.2) is 4.39 Å². The van der Waals surface area contributed by atoms with E-state index in [9.17, 15) is 4.39 Å². The number of thioether (sulfide) groups is 1. The monoisotopic (exact) mass is 223 g/mol. The van der Waals surface area contributed by atoms with Crippen LogP contribution in [0.1, 0.15) is 5.56 Å². The number of anilines is 1. The van der Waals surface area contributed by atoms with E-state index >= 15 is 0 Å². The third kappa shape index (κ3) is 2.53. The third-order valence-electron chi connectivity index (χ3n) is 1.96. The smallest absolute Gasteiger partial charge is 0.147 e. The van der Waals surface area contributed by atoms with Gasteiger partial charge in [0.2, 0.25) is 0 Å². The van der Waals surface area contributed by atoms with Crippen molar-refractivity contribution in [1.29, 1.82) is 0 Å². The van der Waals surface area contributed by atoms with Gasteiger partial charge in [-0.1, -0.05) is 0 Å². The molecule has 1 heterocycles. The second-order valence-corrected chi connectivity index (χ2v) is 4.15. The summed E-state index contributed by atoms with van der Waals surface area (Å²) in [6, 6.07) is 6.72. The molecule has 0 aliphatic carbocycles. The molecular weight excluding hydrogens is 213 g/mol. The molecule has 15 heavy (non-hydrogen) atoms. The lowest BCUT2D eigenvalue weighted by Gasteiger charge is -2.01. The standard InChI is InChI=1S/C11H10FNOS/c12-10-5-9(1-2-11(10)13)15-7-8-3-4-14-6-8/h1-6H,7,13H2. The summed E-state index contributed by atoms with van der Waals surface area (Å²) < 4.78 is 18.0. The van der Waals surface area contributed by atoms with Gasteiger partial charge in [0.15, 0.2) is 0 Å². The molecule has 0 amide bonds. The van der Waals surface area contributed by atoms with Crippen molar-refractivity contribution in [3.63, 3.8) is 0 Å². The van der Waals surface area contributed by atoms with Crippen LogP contribution >= 0.6 is 11.8 Å².